The highest BCUT2D eigenvalue weighted by Gasteiger charge is 2.19. The lowest BCUT2D eigenvalue weighted by Gasteiger charge is -2.17. The van der Waals surface area contributed by atoms with Gasteiger partial charge in [0.05, 0.1) is 40.9 Å². The maximum Gasteiger partial charge on any atom is 0.144 e. The first-order valence-corrected chi connectivity index (χ1v) is 23.4. The van der Waals surface area contributed by atoms with E-state index in [0.29, 0.717) is 22.9 Å². The van der Waals surface area contributed by atoms with Crippen molar-refractivity contribution in [1.82, 2.24) is 34.1 Å². The standard InChI is InChI=1S/C64H45N7/c1-44-36-62(51-21-13-20-50(37-51)47-26-24-46(25-27-47)45-14-5-2-6-15-45)69-43-59(44)58-23-12-11-22-57(58)52-38-53(63-65-32-34-70(63)55-28-30-60(67-41-55)48-16-7-3-8-17-48)40-54(39-52)64-66-33-35-71(64)56-29-31-61(68-42-56)49-18-9-4-10-19-49/h2-43H,1H3/i1D3. The van der Waals surface area contributed by atoms with Gasteiger partial charge >= 0.3 is 0 Å². The van der Waals surface area contributed by atoms with Gasteiger partial charge in [0.2, 0.25) is 0 Å². The maximum atomic E-state index is 8.93. The summed E-state index contributed by atoms with van der Waals surface area (Å²) in [5, 5.41) is 0. The first-order chi connectivity index (χ1) is 36.3. The number of rotatable bonds is 11. The van der Waals surface area contributed by atoms with Crippen LogP contribution in [0.3, 0.4) is 0 Å². The molecule has 0 fully saturated rings. The first-order valence-electron chi connectivity index (χ1n) is 24.9. The number of imidazole rings is 2. The summed E-state index contributed by atoms with van der Waals surface area (Å²) in [5.41, 5.74) is 15.9. The summed E-state index contributed by atoms with van der Waals surface area (Å²) in [5.74, 6) is 1.38. The molecule has 71 heavy (non-hydrogen) atoms. The fourth-order valence-electron chi connectivity index (χ4n) is 9.25. The molecule has 0 aliphatic rings. The second-order valence-electron chi connectivity index (χ2n) is 17.3. The molecule has 7 aromatic carbocycles. The Morgan fingerprint density at radius 1 is 0.310 bits per heavy atom. The van der Waals surface area contributed by atoms with E-state index < -0.39 is 6.85 Å². The van der Waals surface area contributed by atoms with Crippen molar-refractivity contribution in [3.8, 4) is 112 Å². The van der Waals surface area contributed by atoms with Crippen LogP contribution in [-0.2, 0) is 0 Å². The van der Waals surface area contributed by atoms with E-state index in [1.807, 2.05) is 173 Å². The van der Waals surface area contributed by atoms with Crippen molar-refractivity contribution in [2.24, 2.45) is 0 Å². The molecule has 0 amide bonds. The number of hydrogen-bond donors (Lipinski definition) is 0. The first kappa shape index (κ1) is 39.4. The Morgan fingerprint density at radius 3 is 1.31 bits per heavy atom. The smallest absolute Gasteiger partial charge is 0.144 e. The van der Waals surface area contributed by atoms with Crippen molar-refractivity contribution >= 4 is 0 Å². The van der Waals surface area contributed by atoms with Crippen LogP contribution in [0.4, 0.5) is 0 Å². The molecular weight excluding hydrogens is 867 g/mol. The molecule has 0 saturated carbocycles. The zero-order valence-corrected chi connectivity index (χ0v) is 38.4. The van der Waals surface area contributed by atoms with E-state index in [-0.39, 0.29) is 5.56 Å². The molecule has 0 spiro atoms. The fourth-order valence-corrected chi connectivity index (χ4v) is 9.25. The van der Waals surface area contributed by atoms with E-state index in [2.05, 4.69) is 66.7 Å². The summed E-state index contributed by atoms with van der Waals surface area (Å²) in [4.78, 5) is 24.6. The summed E-state index contributed by atoms with van der Waals surface area (Å²) in [7, 11) is 0. The van der Waals surface area contributed by atoms with Crippen molar-refractivity contribution in [2.45, 2.75) is 6.85 Å². The summed E-state index contributed by atoms with van der Waals surface area (Å²) in [6, 6.07) is 71.1. The number of aryl methyl sites for hydroxylation is 1. The average molecular weight is 915 g/mol. The van der Waals surface area contributed by atoms with Crippen molar-refractivity contribution in [2.75, 3.05) is 0 Å². The van der Waals surface area contributed by atoms with Crippen LogP contribution in [0.2, 0.25) is 0 Å². The van der Waals surface area contributed by atoms with Gasteiger partial charge in [-0.3, -0.25) is 24.1 Å². The van der Waals surface area contributed by atoms with Gasteiger partial charge < -0.3 is 0 Å². The van der Waals surface area contributed by atoms with Crippen molar-refractivity contribution in [1.29, 1.82) is 0 Å². The molecule has 0 saturated heterocycles. The molecule has 0 aliphatic heterocycles. The van der Waals surface area contributed by atoms with E-state index >= 15 is 0 Å². The Labute approximate surface area is 417 Å². The number of aromatic nitrogens is 7. The number of pyridine rings is 3. The van der Waals surface area contributed by atoms with E-state index in [9.17, 15) is 0 Å². The summed E-state index contributed by atoms with van der Waals surface area (Å²) in [6.07, 6.45) is 12.9. The second-order valence-corrected chi connectivity index (χ2v) is 17.3. The zero-order valence-electron chi connectivity index (χ0n) is 41.4. The van der Waals surface area contributed by atoms with Gasteiger partial charge in [0, 0.05) is 68.5 Å². The number of benzene rings is 7. The molecule has 5 heterocycles. The quantitative estimate of drug-likeness (QED) is 0.129. The summed E-state index contributed by atoms with van der Waals surface area (Å²) < 4.78 is 30.8. The Balaban J connectivity index is 0.957. The topological polar surface area (TPSA) is 74.3 Å². The van der Waals surface area contributed by atoms with Gasteiger partial charge in [0.1, 0.15) is 11.6 Å². The lowest BCUT2D eigenvalue weighted by molar-refractivity contribution is 1.04. The van der Waals surface area contributed by atoms with Gasteiger partial charge in [-0.15, -0.1) is 0 Å². The summed E-state index contributed by atoms with van der Waals surface area (Å²) in [6.45, 7) is -2.47. The molecule has 0 N–H and O–H groups in total. The van der Waals surface area contributed by atoms with E-state index in [4.69, 9.17) is 29.0 Å². The minimum Gasteiger partial charge on any atom is -0.298 e. The highest BCUT2D eigenvalue weighted by atomic mass is 15.1. The van der Waals surface area contributed by atoms with Crippen molar-refractivity contribution in [3.05, 3.63) is 261 Å². The average Bonchev–Trinajstić information content (AvgIpc) is 4.18. The molecule has 12 aromatic rings. The minimum absolute atomic E-state index is 0.202. The van der Waals surface area contributed by atoms with Crippen LogP contribution < -0.4 is 0 Å². The molecule has 5 aromatic heterocycles. The molecule has 0 unspecified atom stereocenters. The van der Waals surface area contributed by atoms with Crippen molar-refractivity contribution < 1.29 is 4.11 Å². The Bertz CT molecular complexity index is 3770. The number of nitrogens with zero attached hydrogens (tertiary/aromatic N) is 7. The van der Waals surface area contributed by atoms with Crippen LogP contribution in [0.5, 0.6) is 0 Å². The van der Waals surface area contributed by atoms with Crippen molar-refractivity contribution in [3.63, 3.8) is 0 Å². The van der Waals surface area contributed by atoms with E-state index in [1.165, 1.54) is 0 Å². The molecular formula is C64H45N7. The largest absolute Gasteiger partial charge is 0.298 e. The molecule has 0 bridgehead atoms. The third kappa shape index (κ3) is 8.64. The molecule has 0 aliphatic carbocycles. The second kappa shape index (κ2) is 18.8. The monoisotopic (exact) mass is 914 g/mol. The molecule has 336 valence electrons. The Morgan fingerprint density at radius 2 is 0.761 bits per heavy atom. The third-order valence-corrected chi connectivity index (χ3v) is 12.8. The lowest BCUT2D eigenvalue weighted by atomic mass is 9.90. The van der Waals surface area contributed by atoms with Crippen LogP contribution in [0.1, 0.15) is 9.68 Å². The van der Waals surface area contributed by atoms with Gasteiger partial charge in [-0.1, -0.05) is 158 Å². The maximum absolute atomic E-state index is 8.93. The predicted octanol–water partition coefficient (Wildman–Crippen LogP) is 15.6. The Hall–Kier alpha value is -9.59. The molecule has 12 rings (SSSR count). The van der Waals surface area contributed by atoms with Crippen LogP contribution in [0, 0.1) is 6.85 Å². The molecule has 0 atom stereocenters. The van der Waals surface area contributed by atoms with Crippen LogP contribution in [0.15, 0.2) is 256 Å². The molecule has 0 radical (unpaired) electrons. The van der Waals surface area contributed by atoms with Gasteiger partial charge in [-0.2, -0.15) is 0 Å². The SMILES string of the molecule is [2H]C([2H])([2H])c1cc(-c2cccc(-c3ccc(-c4ccccc4)cc3)c2)ncc1-c1ccccc1-c1cc(-c2nccn2-c2ccc(-c3ccccc3)nc2)cc(-c2nccn2-c2ccc(-c3ccccc3)nc2)c1. The molecule has 7 nitrogen and oxygen atoms in total. The highest BCUT2D eigenvalue weighted by molar-refractivity contribution is 5.89. The van der Waals surface area contributed by atoms with Crippen LogP contribution >= 0.6 is 0 Å². The third-order valence-electron chi connectivity index (χ3n) is 12.8. The van der Waals surface area contributed by atoms with Crippen LogP contribution in [-0.4, -0.2) is 34.1 Å². The van der Waals surface area contributed by atoms with Gasteiger partial charge in [0.15, 0.2) is 0 Å². The molecule has 7 heteroatoms. The van der Waals surface area contributed by atoms with Gasteiger partial charge in [-0.05, 0) is 106 Å². The number of hydrogen-bond acceptors (Lipinski definition) is 5. The lowest BCUT2D eigenvalue weighted by Crippen LogP contribution is -2.01. The summed E-state index contributed by atoms with van der Waals surface area (Å²) >= 11 is 0. The van der Waals surface area contributed by atoms with Gasteiger partial charge in [0.25, 0.3) is 0 Å². The Kier molecular flexibility index (Phi) is 10.5. The minimum atomic E-state index is -2.47. The van der Waals surface area contributed by atoms with Gasteiger partial charge in [-0.25, -0.2) is 9.97 Å². The normalized spacial score (nSPS) is 12.0. The van der Waals surface area contributed by atoms with E-state index in [1.54, 1.807) is 24.7 Å². The van der Waals surface area contributed by atoms with Crippen LogP contribution in [0.25, 0.3) is 112 Å². The fraction of sp³-hybridized carbons (Fsp3) is 0.0156. The van der Waals surface area contributed by atoms with E-state index in [0.717, 1.165) is 89.5 Å². The highest BCUT2D eigenvalue weighted by Crippen LogP contribution is 2.40. The predicted molar refractivity (Wildman–Crippen MR) is 288 cm³/mol. The zero-order chi connectivity index (χ0) is 50.0.